The van der Waals surface area contributed by atoms with Crippen LogP contribution in [0.15, 0.2) is 119 Å². The van der Waals surface area contributed by atoms with Gasteiger partial charge in [0.15, 0.2) is 0 Å². The van der Waals surface area contributed by atoms with E-state index in [0.717, 1.165) is 43.7 Å². The van der Waals surface area contributed by atoms with Crippen LogP contribution in [0.25, 0.3) is 27.5 Å². The summed E-state index contributed by atoms with van der Waals surface area (Å²) in [4.78, 5) is 8.01. The van der Waals surface area contributed by atoms with Crippen LogP contribution >= 0.6 is 0 Å². The molecule has 3 aromatic rings. The van der Waals surface area contributed by atoms with Gasteiger partial charge in [0.2, 0.25) is 0 Å². The molecular formula is C45H53N3. The first-order valence-electron chi connectivity index (χ1n) is 18.2. The molecule has 1 heterocycles. The Morgan fingerprint density at radius 3 is 2.52 bits per heavy atom. The summed E-state index contributed by atoms with van der Waals surface area (Å²) in [7, 11) is 2.21. The fraction of sp³-hybridized carbons (Fsp3) is 0.400. The quantitative estimate of drug-likeness (QED) is 0.226. The van der Waals surface area contributed by atoms with E-state index in [1.807, 2.05) is 0 Å². The highest BCUT2D eigenvalue weighted by molar-refractivity contribution is 6.12. The Morgan fingerprint density at radius 1 is 1.04 bits per heavy atom. The van der Waals surface area contributed by atoms with Crippen molar-refractivity contribution in [3.8, 4) is 0 Å². The van der Waals surface area contributed by atoms with Gasteiger partial charge >= 0.3 is 0 Å². The van der Waals surface area contributed by atoms with Crippen molar-refractivity contribution in [1.82, 2.24) is 9.47 Å². The van der Waals surface area contributed by atoms with Gasteiger partial charge in [-0.05, 0) is 123 Å². The Balaban J connectivity index is 1.35. The third kappa shape index (κ3) is 5.31. The normalized spacial score (nSPS) is 25.2. The lowest BCUT2D eigenvalue weighted by Crippen LogP contribution is -2.21. The fourth-order valence-electron chi connectivity index (χ4n) is 9.18. The first-order valence-corrected chi connectivity index (χ1v) is 18.2. The predicted molar refractivity (Wildman–Crippen MR) is 207 cm³/mol. The number of hydrogen-bond donors (Lipinski definition) is 0. The van der Waals surface area contributed by atoms with Gasteiger partial charge in [-0.1, -0.05) is 88.9 Å². The second-order valence-corrected chi connectivity index (χ2v) is 15.4. The molecular weight excluding hydrogens is 583 g/mol. The highest BCUT2D eigenvalue weighted by Crippen LogP contribution is 2.69. The second kappa shape index (κ2) is 12.4. The molecule has 2 aromatic carbocycles. The molecule has 0 N–H and O–H groups in total. The molecule has 4 aliphatic carbocycles. The minimum Gasteiger partial charge on any atom is -0.352 e. The minimum absolute atomic E-state index is 0.298. The van der Waals surface area contributed by atoms with Crippen LogP contribution in [0, 0.1) is 36.0 Å². The Kier molecular flexibility index (Phi) is 8.38. The summed E-state index contributed by atoms with van der Waals surface area (Å²) in [5.74, 6) is 2.17. The maximum Gasteiger partial charge on any atom is 0.0683 e. The SMILES string of the molecule is C=CC1=C(C=C(C)n2c3ccccc3c3ccc(N=C4C(C5CC=CC5)=CC=C(N(C)C(C)=CCC)CC4C)c(C)c32)CC2C1C2(C)C. The summed E-state index contributed by atoms with van der Waals surface area (Å²) in [5.41, 5.74) is 14.7. The molecule has 1 fully saturated rings. The number of nitrogens with zero attached hydrogens (tertiary/aromatic N) is 3. The number of para-hydroxylation sites is 1. The average molecular weight is 636 g/mol. The maximum atomic E-state index is 5.64. The molecule has 0 amide bonds. The molecule has 1 saturated carbocycles. The average Bonchev–Trinajstić information content (AvgIpc) is 3.55. The van der Waals surface area contributed by atoms with Gasteiger partial charge in [-0.3, -0.25) is 4.99 Å². The van der Waals surface area contributed by atoms with Gasteiger partial charge in [-0.15, -0.1) is 0 Å². The lowest BCUT2D eigenvalue weighted by molar-refractivity contribution is 0.477. The van der Waals surface area contributed by atoms with E-state index in [9.17, 15) is 0 Å². The number of aromatic nitrogens is 1. The molecule has 3 heteroatoms. The second-order valence-electron chi connectivity index (χ2n) is 15.4. The lowest BCUT2D eigenvalue weighted by Gasteiger charge is -2.26. The molecule has 1 aromatic heterocycles. The zero-order valence-electron chi connectivity index (χ0n) is 30.4. The summed E-state index contributed by atoms with van der Waals surface area (Å²) in [6.45, 7) is 20.4. The standard InChI is InChI=1S/C45H53N3/c1-10-16-29(4)47(9)34-21-22-36(32-17-12-13-18-32)43(28(3)25-34)46-40-24-23-38-37-19-14-15-20-41(37)48(44(38)31(40)6)30(5)26-33-27-39-42(35(33)11-2)45(39,7)8/h11-16,19-24,26,28,32,39,42H,2,10,17-18,25,27H2,1,3-9H3. The molecule has 4 aliphatic rings. The first kappa shape index (κ1) is 32.4. The number of allylic oxidation sites excluding steroid dienone is 13. The van der Waals surface area contributed by atoms with Crippen molar-refractivity contribution in [3.63, 3.8) is 0 Å². The minimum atomic E-state index is 0.298. The van der Waals surface area contributed by atoms with Crippen molar-refractivity contribution in [3.05, 3.63) is 119 Å². The predicted octanol–water partition coefficient (Wildman–Crippen LogP) is 12.3. The zero-order chi connectivity index (χ0) is 33.9. The van der Waals surface area contributed by atoms with E-state index in [0.29, 0.717) is 23.2 Å². The van der Waals surface area contributed by atoms with E-state index < -0.39 is 0 Å². The molecule has 248 valence electrons. The van der Waals surface area contributed by atoms with Crippen molar-refractivity contribution in [2.75, 3.05) is 7.05 Å². The zero-order valence-corrected chi connectivity index (χ0v) is 30.4. The van der Waals surface area contributed by atoms with Crippen LogP contribution in [-0.4, -0.2) is 22.2 Å². The highest BCUT2D eigenvalue weighted by Gasteiger charge is 2.61. The molecule has 0 aliphatic heterocycles. The van der Waals surface area contributed by atoms with E-state index in [1.165, 1.54) is 66.9 Å². The maximum absolute atomic E-state index is 5.64. The molecule has 3 unspecified atom stereocenters. The van der Waals surface area contributed by atoms with Crippen molar-refractivity contribution >= 4 is 38.9 Å². The Hall–Kier alpha value is -4.11. The van der Waals surface area contributed by atoms with E-state index in [1.54, 1.807) is 0 Å². The summed E-state index contributed by atoms with van der Waals surface area (Å²) < 4.78 is 2.50. The van der Waals surface area contributed by atoms with Crippen molar-refractivity contribution in [2.24, 2.45) is 34.1 Å². The van der Waals surface area contributed by atoms with Gasteiger partial charge < -0.3 is 9.47 Å². The van der Waals surface area contributed by atoms with Gasteiger partial charge in [-0.2, -0.15) is 0 Å². The van der Waals surface area contributed by atoms with Crippen LogP contribution in [0.3, 0.4) is 0 Å². The van der Waals surface area contributed by atoms with Gasteiger partial charge in [0.05, 0.1) is 16.7 Å². The highest BCUT2D eigenvalue weighted by atomic mass is 15.1. The number of fused-ring (bicyclic) bond motifs is 4. The van der Waals surface area contributed by atoms with E-state index in [2.05, 4.69) is 150 Å². The summed E-state index contributed by atoms with van der Waals surface area (Å²) >= 11 is 0. The Bertz CT molecular complexity index is 2020. The Labute approximate surface area is 288 Å². The smallest absolute Gasteiger partial charge is 0.0683 e. The molecule has 7 rings (SSSR count). The summed E-state index contributed by atoms with van der Waals surface area (Å²) in [6, 6.07) is 13.5. The van der Waals surface area contributed by atoms with Crippen molar-refractivity contribution in [1.29, 1.82) is 0 Å². The molecule has 3 atom stereocenters. The number of aliphatic imine (C=N–C) groups is 1. The van der Waals surface area contributed by atoms with Crippen molar-refractivity contribution < 1.29 is 0 Å². The molecule has 0 radical (unpaired) electrons. The van der Waals surface area contributed by atoms with E-state index in [4.69, 9.17) is 4.99 Å². The summed E-state index contributed by atoms with van der Waals surface area (Å²) in [5, 5.41) is 2.59. The van der Waals surface area contributed by atoms with Crippen LogP contribution in [0.2, 0.25) is 0 Å². The largest absolute Gasteiger partial charge is 0.352 e. The summed E-state index contributed by atoms with van der Waals surface area (Å²) in [6.07, 6.45) is 21.7. The molecule has 3 nitrogen and oxygen atoms in total. The monoisotopic (exact) mass is 635 g/mol. The third-order valence-electron chi connectivity index (χ3n) is 12.1. The fourth-order valence-corrected chi connectivity index (χ4v) is 9.18. The van der Waals surface area contributed by atoms with Crippen LogP contribution in [-0.2, 0) is 0 Å². The third-order valence-corrected chi connectivity index (χ3v) is 12.1. The molecule has 0 spiro atoms. The van der Waals surface area contributed by atoms with Gasteiger partial charge in [0.1, 0.15) is 0 Å². The van der Waals surface area contributed by atoms with Crippen LogP contribution < -0.4 is 0 Å². The van der Waals surface area contributed by atoms with Gasteiger partial charge in [0, 0.05) is 46.5 Å². The van der Waals surface area contributed by atoms with Crippen LogP contribution in [0.4, 0.5) is 5.69 Å². The van der Waals surface area contributed by atoms with Crippen LogP contribution in [0.1, 0.15) is 79.2 Å². The van der Waals surface area contributed by atoms with E-state index >= 15 is 0 Å². The first-order chi connectivity index (χ1) is 23.1. The van der Waals surface area contributed by atoms with Gasteiger partial charge in [-0.25, -0.2) is 0 Å². The molecule has 0 saturated heterocycles. The Morgan fingerprint density at radius 2 is 1.79 bits per heavy atom. The van der Waals surface area contributed by atoms with Crippen LogP contribution in [0.5, 0.6) is 0 Å². The molecule has 48 heavy (non-hydrogen) atoms. The lowest BCUT2D eigenvalue weighted by atomic mass is 9.86. The number of benzene rings is 2. The number of rotatable bonds is 8. The number of aryl methyl sites for hydroxylation is 1. The molecule has 0 bridgehead atoms. The van der Waals surface area contributed by atoms with Gasteiger partial charge in [0.25, 0.3) is 0 Å². The van der Waals surface area contributed by atoms with Crippen molar-refractivity contribution in [2.45, 2.75) is 80.6 Å². The van der Waals surface area contributed by atoms with E-state index in [-0.39, 0.29) is 0 Å². The topological polar surface area (TPSA) is 20.5 Å². The number of hydrogen-bond acceptors (Lipinski definition) is 2.